The van der Waals surface area contributed by atoms with Gasteiger partial charge in [0.2, 0.25) is 11.5 Å². The summed E-state index contributed by atoms with van der Waals surface area (Å²) in [5.41, 5.74) is 0.963. The Balaban J connectivity index is 0.000000183. The molecule has 16 heteroatoms. The number of rotatable bonds is 7. The van der Waals surface area contributed by atoms with Gasteiger partial charge >= 0.3 is 17.1 Å². The molecule has 0 amide bonds. The number of hydrogen-bond donors (Lipinski definition) is 2. The third-order valence-electron chi connectivity index (χ3n) is 8.52. The van der Waals surface area contributed by atoms with Gasteiger partial charge in [0.05, 0.1) is 44.9 Å². The quantitative estimate of drug-likeness (QED) is 0.187. The van der Waals surface area contributed by atoms with E-state index >= 15 is 0 Å². The molecular formula is C35H35FN6O9. The molecule has 2 saturated heterocycles. The molecule has 0 bridgehead atoms. The maximum absolute atomic E-state index is 13.0. The van der Waals surface area contributed by atoms with E-state index in [2.05, 4.69) is 24.5 Å². The molecular weight excluding hydrogens is 667 g/mol. The van der Waals surface area contributed by atoms with E-state index in [9.17, 15) is 33.8 Å². The molecule has 0 spiro atoms. The van der Waals surface area contributed by atoms with Crippen LogP contribution in [0.1, 0.15) is 33.0 Å². The molecule has 0 radical (unpaired) electrons. The monoisotopic (exact) mass is 702 g/mol. The van der Waals surface area contributed by atoms with E-state index in [1.807, 2.05) is 12.1 Å². The highest BCUT2D eigenvalue weighted by Crippen LogP contribution is 2.21. The van der Waals surface area contributed by atoms with Crippen molar-refractivity contribution in [3.05, 3.63) is 104 Å². The zero-order chi connectivity index (χ0) is 36.1. The van der Waals surface area contributed by atoms with Crippen molar-refractivity contribution in [1.82, 2.24) is 18.8 Å². The first-order valence-corrected chi connectivity index (χ1v) is 16.2. The van der Waals surface area contributed by atoms with Crippen LogP contribution in [-0.4, -0.2) is 100 Å². The summed E-state index contributed by atoms with van der Waals surface area (Å²) in [7, 11) is 1.16. The number of Topliss-reactive ketones (excluding diaryl/α,β-unsaturated/α-hetero) is 1. The summed E-state index contributed by atoms with van der Waals surface area (Å²) in [6, 6.07) is 12.8. The van der Waals surface area contributed by atoms with Crippen LogP contribution in [0, 0.1) is 5.82 Å². The number of methoxy groups -OCH3 is 1. The molecule has 0 unspecified atom stereocenters. The second-order valence-electron chi connectivity index (χ2n) is 11.7. The van der Waals surface area contributed by atoms with Crippen molar-refractivity contribution >= 4 is 34.4 Å². The number of aryl methyl sites for hydroxylation is 1. The van der Waals surface area contributed by atoms with Gasteiger partial charge in [-0.05, 0) is 48.4 Å². The Morgan fingerprint density at radius 1 is 0.745 bits per heavy atom. The maximum Gasteiger partial charge on any atom is 0.360 e. The minimum Gasteiger partial charge on any atom is -0.501 e. The largest absolute Gasteiger partial charge is 0.501 e. The predicted octanol–water partition coefficient (Wildman–Crippen LogP) is 2.21. The SMILES string of the molecule is COC(=O)c1nc2ccc(N3CCOCC3)cn2c(=O)c1O.O=C(CCc1ccc(F)cc1)c1nc2ccc(N3CCOCC3)cn2c(=O)c1O. The Hall–Kier alpha value is -5.87. The number of ketones is 1. The molecule has 4 aromatic heterocycles. The van der Waals surface area contributed by atoms with Crippen molar-refractivity contribution < 1.29 is 38.4 Å². The molecule has 1 aromatic carbocycles. The van der Waals surface area contributed by atoms with E-state index in [0.29, 0.717) is 45.9 Å². The highest BCUT2D eigenvalue weighted by Gasteiger charge is 2.21. The number of morpholine rings is 2. The summed E-state index contributed by atoms with van der Waals surface area (Å²) in [4.78, 5) is 61.3. The number of esters is 1. The van der Waals surface area contributed by atoms with Crippen molar-refractivity contribution in [1.29, 1.82) is 0 Å². The molecule has 0 atom stereocenters. The summed E-state index contributed by atoms with van der Waals surface area (Å²) < 4.78 is 30.6. The van der Waals surface area contributed by atoms with Crippen molar-refractivity contribution in [2.24, 2.45) is 0 Å². The van der Waals surface area contributed by atoms with Crippen LogP contribution in [0.5, 0.6) is 11.5 Å². The standard InChI is InChI=1S/C21H20FN3O4.C14H15N3O5/c22-15-4-1-14(2-5-15)3-7-17(26)19-20(27)21(28)25-13-16(6-8-18(25)23-19)24-9-11-29-12-10-24;1-21-14(20)11-12(18)13(19)17-8-9(2-3-10(17)15-11)16-4-6-22-7-5-16/h1-2,4-6,8,13,27H,3,7,9-12H2;2-3,8,18H,4-7H2,1H3. The predicted molar refractivity (Wildman–Crippen MR) is 183 cm³/mol. The van der Waals surface area contributed by atoms with Gasteiger partial charge in [0.15, 0.2) is 17.2 Å². The third-order valence-corrected chi connectivity index (χ3v) is 8.52. The first kappa shape index (κ1) is 35.0. The summed E-state index contributed by atoms with van der Waals surface area (Å²) in [6.45, 7) is 5.32. The summed E-state index contributed by atoms with van der Waals surface area (Å²) in [6.07, 6.45) is 3.61. The van der Waals surface area contributed by atoms with Crippen molar-refractivity contribution in [3.63, 3.8) is 0 Å². The topological polar surface area (TPSA) is 178 Å². The Kier molecular flexibility index (Phi) is 10.5. The highest BCUT2D eigenvalue weighted by atomic mass is 19.1. The third kappa shape index (κ3) is 7.66. The lowest BCUT2D eigenvalue weighted by Crippen LogP contribution is -2.36. The minimum atomic E-state index is -0.852. The lowest BCUT2D eigenvalue weighted by atomic mass is 10.1. The number of benzene rings is 1. The molecule has 2 fully saturated rings. The number of carbonyl (C=O) groups is 2. The van der Waals surface area contributed by atoms with E-state index in [1.54, 1.807) is 36.7 Å². The molecule has 6 heterocycles. The summed E-state index contributed by atoms with van der Waals surface area (Å²) >= 11 is 0. The van der Waals surface area contributed by atoms with Crippen molar-refractivity contribution in [2.75, 3.05) is 69.5 Å². The molecule has 0 aliphatic carbocycles. The highest BCUT2D eigenvalue weighted by molar-refractivity contribution is 5.97. The second-order valence-corrected chi connectivity index (χ2v) is 11.7. The molecule has 2 aliphatic heterocycles. The number of aromatic nitrogens is 4. The summed E-state index contributed by atoms with van der Waals surface area (Å²) in [5.74, 6) is -3.02. The van der Waals surface area contributed by atoms with Crippen molar-refractivity contribution in [2.45, 2.75) is 12.8 Å². The van der Waals surface area contributed by atoms with E-state index in [0.717, 1.165) is 37.1 Å². The van der Waals surface area contributed by atoms with Gasteiger partial charge in [-0.2, -0.15) is 0 Å². The van der Waals surface area contributed by atoms with Gasteiger partial charge in [-0.15, -0.1) is 0 Å². The van der Waals surface area contributed by atoms with Crippen LogP contribution in [0.3, 0.4) is 0 Å². The molecule has 5 aromatic rings. The number of fused-ring (bicyclic) bond motifs is 2. The number of ether oxygens (including phenoxy) is 3. The molecule has 2 N–H and O–H groups in total. The van der Waals surface area contributed by atoms with Gasteiger partial charge in [-0.1, -0.05) is 12.1 Å². The average molecular weight is 703 g/mol. The fourth-order valence-electron chi connectivity index (χ4n) is 5.71. The molecule has 0 saturated carbocycles. The van der Waals surface area contributed by atoms with Crippen LogP contribution in [0.4, 0.5) is 15.8 Å². The number of hydrogen-bond acceptors (Lipinski definition) is 13. The fourth-order valence-corrected chi connectivity index (χ4v) is 5.71. The van der Waals surface area contributed by atoms with Gasteiger partial charge in [0, 0.05) is 45.0 Å². The summed E-state index contributed by atoms with van der Waals surface area (Å²) in [5, 5.41) is 20.2. The number of aromatic hydroxyl groups is 2. The van der Waals surface area contributed by atoms with Gasteiger partial charge in [0.25, 0.3) is 0 Å². The second kappa shape index (κ2) is 15.3. The number of anilines is 2. The molecule has 2 aliphatic rings. The van der Waals surface area contributed by atoms with Gasteiger partial charge < -0.3 is 34.2 Å². The van der Waals surface area contributed by atoms with Gasteiger partial charge in [-0.3, -0.25) is 23.2 Å². The normalized spacial score (nSPS) is 14.6. The smallest absolute Gasteiger partial charge is 0.360 e. The zero-order valence-electron chi connectivity index (χ0n) is 27.7. The first-order valence-electron chi connectivity index (χ1n) is 16.2. The van der Waals surface area contributed by atoms with Crippen molar-refractivity contribution in [3.8, 4) is 11.5 Å². The number of pyridine rings is 2. The molecule has 7 rings (SSSR count). The molecule has 266 valence electrons. The molecule has 15 nitrogen and oxygen atoms in total. The van der Waals surface area contributed by atoms with Crippen LogP contribution in [0.25, 0.3) is 11.3 Å². The molecule has 51 heavy (non-hydrogen) atoms. The van der Waals surface area contributed by atoms with E-state index in [-0.39, 0.29) is 34.9 Å². The van der Waals surface area contributed by atoms with Crippen LogP contribution < -0.4 is 20.9 Å². The average Bonchev–Trinajstić information content (AvgIpc) is 3.17. The fraction of sp³-hybridized carbons (Fsp3) is 0.314. The van der Waals surface area contributed by atoms with E-state index < -0.39 is 34.4 Å². The Bertz CT molecular complexity index is 2190. The van der Waals surface area contributed by atoms with Crippen LogP contribution in [0.15, 0.2) is 70.5 Å². The number of halogens is 1. The van der Waals surface area contributed by atoms with Crippen LogP contribution >= 0.6 is 0 Å². The lowest BCUT2D eigenvalue weighted by Gasteiger charge is -2.28. The van der Waals surface area contributed by atoms with Crippen LogP contribution in [-0.2, 0) is 20.6 Å². The van der Waals surface area contributed by atoms with E-state index in [1.165, 1.54) is 20.9 Å². The Labute approximate surface area is 289 Å². The maximum atomic E-state index is 13.0. The lowest BCUT2D eigenvalue weighted by molar-refractivity contribution is 0.0590. The number of carbonyl (C=O) groups excluding carboxylic acids is 2. The Morgan fingerprint density at radius 2 is 1.22 bits per heavy atom. The van der Waals surface area contributed by atoms with Gasteiger partial charge in [-0.25, -0.2) is 19.2 Å². The minimum absolute atomic E-state index is 0.0493. The first-order chi connectivity index (χ1) is 24.6. The van der Waals surface area contributed by atoms with Crippen LogP contribution in [0.2, 0.25) is 0 Å². The Morgan fingerprint density at radius 3 is 1.71 bits per heavy atom. The zero-order valence-corrected chi connectivity index (χ0v) is 27.7. The van der Waals surface area contributed by atoms with Gasteiger partial charge in [0.1, 0.15) is 17.1 Å². The number of nitrogens with zero attached hydrogens (tertiary/aromatic N) is 6. The van der Waals surface area contributed by atoms with E-state index in [4.69, 9.17) is 9.47 Å².